The van der Waals surface area contributed by atoms with Crippen LogP contribution in [0.5, 0.6) is 0 Å². The van der Waals surface area contributed by atoms with Crippen LogP contribution in [0.3, 0.4) is 0 Å². The molecule has 1 aromatic heterocycles. The Labute approximate surface area is 121 Å². The third kappa shape index (κ3) is 4.22. The summed E-state index contributed by atoms with van der Waals surface area (Å²) in [6.07, 6.45) is 8.25. The largest absolute Gasteiger partial charge is 0.381 e. The van der Waals surface area contributed by atoms with Crippen molar-refractivity contribution in [1.82, 2.24) is 4.98 Å². The fourth-order valence-corrected chi connectivity index (χ4v) is 2.34. The van der Waals surface area contributed by atoms with Gasteiger partial charge in [-0.05, 0) is 25.0 Å². The summed E-state index contributed by atoms with van der Waals surface area (Å²) in [6.45, 7) is 5.67. The van der Waals surface area contributed by atoms with Crippen molar-refractivity contribution in [2.24, 2.45) is 5.41 Å². The van der Waals surface area contributed by atoms with Gasteiger partial charge in [-0.3, -0.25) is 4.79 Å². The number of rotatable bonds is 3. The van der Waals surface area contributed by atoms with E-state index >= 15 is 0 Å². The van der Waals surface area contributed by atoms with Crippen molar-refractivity contribution < 1.29 is 4.79 Å². The molecule has 0 saturated heterocycles. The molecule has 1 heterocycles. The van der Waals surface area contributed by atoms with Crippen LogP contribution in [-0.2, 0) is 4.79 Å². The smallest absolute Gasteiger partial charge is 0.230 e. The predicted octanol–water partition coefficient (Wildman–Crippen LogP) is 3.81. The maximum absolute atomic E-state index is 11.9. The summed E-state index contributed by atoms with van der Waals surface area (Å²) in [5.74, 6) is 0.595. The molecule has 4 heteroatoms. The molecule has 1 aromatic rings. The minimum Gasteiger partial charge on any atom is -0.381 e. The van der Waals surface area contributed by atoms with Gasteiger partial charge in [0.25, 0.3) is 0 Å². The molecule has 4 nitrogen and oxygen atoms in total. The van der Waals surface area contributed by atoms with Crippen molar-refractivity contribution in [3.8, 4) is 0 Å². The Morgan fingerprint density at radius 1 is 1.20 bits per heavy atom. The maximum atomic E-state index is 11.9. The summed E-state index contributed by atoms with van der Waals surface area (Å²) >= 11 is 0. The minimum atomic E-state index is -0.402. The van der Waals surface area contributed by atoms with E-state index in [1.807, 2.05) is 32.9 Å². The van der Waals surface area contributed by atoms with Crippen LogP contribution in [0.15, 0.2) is 18.3 Å². The summed E-state index contributed by atoms with van der Waals surface area (Å²) < 4.78 is 0. The van der Waals surface area contributed by atoms with Gasteiger partial charge in [-0.15, -0.1) is 0 Å². The lowest BCUT2D eigenvalue weighted by molar-refractivity contribution is -0.123. The highest BCUT2D eigenvalue weighted by molar-refractivity contribution is 5.93. The summed E-state index contributed by atoms with van der Waals surface area (Å²) in [5.41, 5.74) is 0.631. The molecule has 0 aliphatic heterocycles. The highest BCUT2D eigenvalue weighted by Crippen LogP contribution is 2.22. The molecule has 2 N–H and O–H groups in total. The SMILES string of the molecule is CC(C)(C)C(=O)Nc1ccc(NC2CCCCC2)cn1. The van der Waals surface area contributed by atoms with Crippen molar-refractivity contribution in [3.05, 3.63) is 18.3 Å². The number of hydrogen-bond donors (Lipinski definition) is 2. The topological polar surface area (TPSA) is 54.0 Å². The van der Waals surface area contributed by atoms with Crippen molar-refractivity contribution in [3.63, 3.8) is 0 Å². The molecule has 0 atom stereocenters. The molecule has 1 amide bonds. The van der Waals surface area contributed by atoms with Gasteiger partial charge < -0.3 is 10.6 Å². The number of anilines is 2. The summed E-state index contributed by atoms with van der Waals surface area (Å²) in [6, 6.07) is 4.41. The number of nitrogens with one attached hydrogen (secondary N) is 2. The molecule has 20 heavy (non-hydrogen) atoms. The molecule has 1 aliphatic carbocycles. The van der Waals surface area contributed by atoms with Gasteiger partial charge in [-0.1, -0.05) is 40.0 Å². The van der Waals surface area contributed by atoms with E-state index in [1.54, 1.807) is 6.20 Å². The fraction of sp³-hybridized carbons (Fsp3) is 0.625. The van der Waals surface area contributed by atoms with Crippen LogP contribution in [0.1, 0.15) is 52.9 Å². The second-order valence-electron chi connectivity index (χ2n) is 6.62. The minimum absolute atomic E-state index is 0.0158. The number of hydrogen-bond acceptors (Lipinski definition) is 3. The molecular formula is C16H25N3O. The molecule has 2 rings (SSSR count). The van der Waals surface area contributed by atoms with E-state index in [9.17, 15) is 4.79 Å². The average Bonchev–Trinajstić information content (AvgIpc) is 2.41. The van der Waals surface area contributed by atoms with E-state index in [1.165, 1.54) is 32.1 Å². The molecule has 0 aromatic carbocycles. The maximum Gasteiger partial charge on any atom is 0.230 e. The Kier molecular flexibility index (Phi) is 4.63. The molecular weight excluding hydrogens is 250 g/mol. The fourth-order valence-electron chi connectivity index (χ4n) is 2.34. The van der Waals surface area contributed by atoms with Gasteiger partial charge in [0, 0.05) is 11.5 Å². The van der Waals surface area contributed by atoms with Crippen LogP contribution < -0.4 is 10.6 Å². The zero-order valence-corrected chi connectivity index (χ0v) is 12.7. The number of carbonyl (C=O) groups excluding carboxylic acids is 1. The average molecular weight is 275 g/mol. The molecule has 0 radical (unpaired) electrons. The van der Waals surface area contributed by atoms with E-state index in [2.05, 4.69) is 15.6 Å². The Bertz CT molecular complexity index is 442. The number of nitrogens with zero attached hydrogens (tertiary/aromatic N) is 1. The number of carbonyl (C=O) groups is 1. The first-order valence-electron chi connectivity index (χ1n) is 7.49. The first-order chi connectivity index (χ1) is 9.45. The Morgan fingerprint density at radius 3 is 2.45 bits per heavy atom. The van der Waals surface area contributed by atoms with Crippen molar-refractivity contribution in [2.75, 3.05) is 10.6 Å². The third-order valence-electron chi connectivity index (χ3n) is 3.66. The van der Waals surface area contributed by atoms with Crippen molar-refractivity contribution in [2.45, 2.75) is 58.9 Å². The van der Waals surface area contributed by atoms with E-state index in [0.29, 0.717) is 11.9 Å². The Morgan fingerprint density at radius 2 is 1.90 bits per heavy atom. The van der Waals surface area contributed by atoms with E-state index in [4.69, 9.17) is 0 Å². The number of amides is 1. The second-order valence-corrected chi connectivity index (χ2v) is 6.62. The van der Waals surface area contributed by atoms with Crippen LogP contribution in [0.2, 0.25) is 0 Å². The summed E-state index contributed by atoms with van der Waals surface area (Å²) in [7, 11) is 0. The summed E-state index contributed by atoms with van der Waals surface area (Å²) in [4.78, 5) is 16.2. The van der Waals surface area contributed by atoms with Gasteiger partial charge in [0.05, 0.1) is 11.9 Å². The first-order valence-corrected chi connectivity index (χ1v) is 7.49. The quantitative estimate of drug-likeness (QED) is 0.882. The molecule has 0 unspecified atom stereocenters. The van der Waals surface area contributed by atoms with Gasteiger partial charge in [-0.25, -0.2) is 4.98 Å². The van der Waals surface area contributed by atoms with E-state index in [-0.39, 0.29) is 5.91 Å². The lowest BCUT2D eigenvalue weighted by Gasteiger charge is -2.23. The molecule has 1 saturated carbocycles. The number of pyridine rings is 1. The standard InChI is InChI=1S/C16H25N3O/c1-16(2,3)15(20)19-14-10-9-13(11-17-14)18-12-7-5-4-6-8-12/h9-12,18H,4-8H2,1-3H3,(H,17,19,20). The van der Waals surface area contributed by atoms with Crippen LogP contribution in [0.4, 0.5) is 11.5 Å². The lowest BCUT2D eigenvalue weighted by Crippen LogP contribution is -2.28. The van der Waals surface area contributed by atoms with Crippen LogP contribution in [0.25, 0.3) is 0 Å². The molecule has 1 fully saturated rings. The van der Waals surface area contributed by atoms with Gasteiger partial charge in [0.15, 0.2) is 0 Å². The first kappa shape index (κ1) is 14.8. The summed E-state index contributed by atoms with van der Waals surface area (Å²) in [5, 5.41) is 6.35. The van der Waals surface area contributed by atoms with Gasteiger partial charge in [-0.2, -0.15) is 0 Å². The second kappa shape index (κ2) is 6.25. The number of aromatic nitrogens is 1. The zero-order valence-electron chi connectivity index (χ0n) is 12.7. The van der Waals surface area contributed by atoms with Crippen LogP contribution >= 0.6 is 0 Å². The van der Waals surface area contributed by atoms with Crippen LogP contribution in [-0.4, -0.2) is 16.9 Å². The Balaban J connectivity index is 1.91. The molecule has 0 bridgehead atoms. The molecule has 0 spiro atoms. The molecule has 1 aliphatic rings. The lowest BCUT2D eigenvalue weighted by atomic mass is 9.95. The van der Waals surface area contributed by atoms with Crippen LogP contribution in [0, 0.1) is 5.41 Å². The molecule has 110 valence electrons. The highest BCUT2D eigenvalue weighted by atomic mass is 16.2. The van der Waals surface area contributed by atoms with E-state index in [0.717, 1.165) is 5.69 Å². The van der Waals surface area contributed by atoms with Crippen molar-refractivity contribution >= 4 is 17.4 Å². The van der Waals surface area contributed by atoms with E-state index < -0.39 is 5.41 Å². The van der Waals surface area contributed by atoms with Crippen molar-refractivity contribution in [1.29, 1.82) is 0 Å². The predicted molar refractivity (Wildman–Crippen MR) is 82.8 cm³/mol. The van der Waals surface area contributed by atoms with Gasteiger partial charge in [0.1, 0.15) is 5.82 Å². The highest BCUT2D eigenvalue weighted by Gasteiger charge is 2.21. The zero-order chi connectivity index (χ0) is 14.6. The normalized spacial score (nSPS) is 16.8. The van der Waals surface area contributed by atoms with Gasteiger partial charge >= 0.3 is 0 Å². The Hall–Kier alpha value is -1.58. The monoisotopic (exact) mass is 275 g/mol. The van der Waals surface area contributed by atoms with Gasteiger partial charge in [0.2, 0.25) is 5.91 Å². The third-order valence-corrected chi connectivity index (χ3v) is 3.66.